The summed E-state index contributed by atoms with van der Waals surface area (Å²) in [6, 6.07) is 12.8. The van der Waals surface area contributed by atoms with Crippen LogP contribution in [0.3, 0.4) is 0 Å². The average Bonchev–Trinajstić information content (AvgIpc) is 3.16. The lowest BCUT2D eigenvalue weighted by molar-refractivity contribution is -0.113. The van der Waals surface area contributed by atoms with Crippen molar-refractivity contribution in [3.8, 4) is 0 Å². The molecule has 0 aliphatic rings. The fourth-order valence-electron chi connectivity index (χ4n) is 2.74. The molecule has 2 aromatic carbocycles. The lowest BCUT2D eigenvalue weighted by Gasteiger charge is -2.06. The lowest BCUT2D eigenvalue weighted by atomic mass is 10.2. The van der Waals surface area contributed by atoms with E-state index in [-0.39, 0.29) is 28.7 Å². The summed E-state index contributed by atoms with van der Waals surface area (Å²) in [7, 11) is -7.34. The topological polar surface area (TPSA) is 135 Å². The third-order valence-electron chi connectivity index (χ3n) is 4.33. The van der Waals surface area contributed by atoms with Crippen molar-refractivity contribution in [3.05, 3.63) is 69.7 Å². The minimum Gasteiger partial charge on any atom is -0.300 e. The predicted molar refractivity (Wildman–Crippen MR) is 128 cm³/mol. The maximum absolute atomic E-state index is 12.3. The maximum Gasteiger partial charge on any atom is 0.241 e. The van der Waals surface area contributed by atoms with E-state index in [0.29, 0.717) is 15.6 Å². The van der Waals surface area contributed by atoms with Crippen molar-refractivity contribution >= 4 is 53.8 Å². The molecule has 33 heavy (non-hydrogen) atoms. The second-order valence-corrected chi connectivity index (χ2v) is 12.5. The van der Waals surface area contributed by atoms with E-state index in [0.717, 1.165) is 16.9 Å². The third kappa shape index (κ3) is 7.86. The van der Waals surface area contributed by atoms with Gasteiger partial charge in [0.1, 0.15) is 10.8 Å². The Labute approximate surface area is 201 Å². The molecular formula is C20H21ClN4O5S3. The van der Waals surface area contributed by atoms with Crippen LogP contribution >= 0.6 is 22.9 Å². The summed E-state index contributed by atoms with van der Waals surface area (Å²) >= 11 is 6.83. The number of sulfone groups is 1. The van der Waals surface area contributed by atoms with Gasteiger partial charge in [0, 0.05) is 18.0 Å². The van der Waals surface area contributed by atoms with Crippen LogP contribution < -0.4 is 10.0 Å². The van der Waals surface area contributed by atoms with Crippen molar-refractivity contribution in [2.24, 2.45) is 0 Å². The van der Waals surface area contributed by atoms with Crippen molar-refractivity contribution in [2.75, 3.05) is 17.6 Å². The Kier molecular flexibility index (Phi) is 8.19. The smallest absolute Gasteiger partial charge is 0.241 e. The minimum atomic E-state index is -3.70. The Balaban J connectivity index is 1.49. The zero-order valence-corrected chi connectivity index (χ0v) is 20.7. The number of carbonyl (C=O) groups is 1. The Morgan fingerprint density at radius 3 is 2.33 bits per heavy atom. The minimum absolute atomic E-state index is 0.0915. The first kappa shape index (κ1) is 25.2. The summed E-state index contributed by atoms with van der Waals surface area (Å²) in [6.07, 6.45) is 0.257. The summed E-state index contributed by atoms with van der Waals surface area (Å²) < 4.78 is 51.6. The van der Waals surface area contributed by atoms with E-state index in [4.69, 9.17) is 11.6 Å². The number of anilines is 1. The molecule has 0 saturated heterocycles. The predicted octanol–water partition coefficient (Wildman–Crippen LogP) is 2.57. The molecule has 3 aromatic rings. The van der Waals surface area contributed by atoms with Gasteiger partial charge in [-0.2, -0.15) is 0 Å². The first-order valence-electron chi connectivity index (χ1n) is 9.66. The number of rotatable bonds is 10. The average molecular weight is 529 g/mol. The monoisotopic (exact) mass is 528 g/mol. The number of aromatic nitrogens is 2. The summed E-state index contributed by atoms with van der Waals surface area (Å²) in [5.74, 6) is -1.73. The van der Waals surface area contributed by atoms with Crippen LogP contribution in [0.2, 0.25) is 5.02 Å². The van der Waals surface area contributed by atoms with E-state index in [1.54, 1.807) is 36.4 Å². The number of nitrogens with one attached hydrogen (secondary N) is 2. The van der Waals surface area contributed by atoms with Gasteiger partial charge in [-0.25, -0.2) is 21.6 Å². The van der Waals surface area contributed by atoms with Gasteiger partial charge in [0.15, 0.2) is 9.84 Å². The first-order chi connectivity index (χ1) is 15.5. The highest BCUT2D eigenvalue weighted by atomic mass is 35.5. The van der Waals surface area contributed by atoms with E-state index >= 15 is 0 Å². The van der Waals surface area contributed by atoms with Gasteiger partial charge < -0.3 is 0 Å². The lowest BCUT2D eigenvalue weighted by Crippen LogP contribution is -2.25. The van der Waals surface area contributed by atoms with Crippen molar-refractivity contribution in [2.45, 2.75) is 24.0 Å². The maximum atomic E-state index is 12.3. The van der Waals surface area contributed by atoms with Crippen molar-refractivity contribution in [3.63, 3.8) is 0 Å². The van der Waals surface area contributed by atoms with Crippen LogP contribution in [0.15, 0.2) is 53.4 Å². The van der Waals surface area contributed by atoms with E-state index in [1.165, 1.54) is 12.1 Å². The largest absolute Gasteiger partial charge is 0.300 e. The van der Waals surface area contributed by atoms with E-state index in [1.807, 2.05) is 6.92 Å². The number of hydrogen-bond donors (Lipinski definition) is 2. The fourth-order valence-corrected chi connectivity index (χ4v) is 5.93. The fraction of sp³-hybridized carbons (Fsp3) is 0.250. The van der Waals surface area contributed by atoms with Crippen LogP contribution in [-0.4, -0.2) is 45.2 Å². The molecule has 2 N–H and O–H groups in total. The van der Waals surface area contributed by atoms with E-state index in [2.05, 4.69) is 20.2 Å². The molecule has 0 spiro atoms. The molecule has 3 rings (SSSR count). The molecule has 1 amide bonds. The molecule has 0 radical (unpaired) electrons. The summed E-state index contributed by atoms with van der Waals surface area (Å²) in [6.45, 7) is 1.96. The van der Waals surface area contributed by atoms with Crippen LogP contribution in [-0.2, 0) is 36.8 Å². The SMILES string of the molecule is Cc1ccc(S(=O)(=O)NCCc2nnc(NC(=O)CS(=O)(=O)Cc3ccc(Cl)cc3)s2)cc1. The third-order valence-corrected chi connectivity index (χ3v) is 8.43. The van der Waals surface area contributed by atoms with Gasteiger partial charge in [-0.05, 0) is 36.8 Å². The van der Waals surface area contributed by atoms with Gasteiger partial charge in [-0.3, -0.25) is 10.1 Å². The number of carbonyl (C=O) groups excluding carboxylic acids is 1. The second kappa shape index (κ2) is 10.7. The van der Waals surface area contributed by atoms with Gasteiger partial charge in [0.25, 0.3) is 0 Å². The molecule has 9 nitrogen and oxygen atoms in total. The molecule has 13 heteroatoms. The summed E-state index contributed by atoms with van der Waals surface area (Å²) in [5, 5.41) is 11.2. The molecule has 0 saturated carbocycles. The van der Waals surface area contributed by atoms with Gasteiger partial charge in [0.05, 0.1) is 10.6 Å². The molecule has 0 unspecified atom stereocenters. The Bertz CT molecular complexity index is 1320. The zero-order valence-electron chi connectivity index (χ0n) is 17.5. The highest BCUT2D eigenvalue weighted by Gasteiger charge is 2.19. The van der Waals surface area contributed by atoms with Crippen molar-refractivity contribution in [1.82, 2.24) is 14.9 Å². The Hall–Kier alpha value is -2.38. The molecule has 1 aromatic heterocycles. The Morgan fingerprint density at radius 2 is 1.67 bits per heavy atom. The number of aryl methyl sites for hydroxylation is 1. The number of benzene rings is 2. The number of hydrogen-bond acceptors (Lipinski definition) is 8. The van der Waals surface area contributed by atoms with Gasteiger partial charge >= 0.3 is 0 Å². The molecule has 0 atom stereocenters. The van der Waals surface area contributed by atoms with Gasteiger partial charge in [-0.15, -0.1) is 10.2 Å². The summed E-state index contributed by atoms with van der Waals surface area (Å²) in [5.41, 5.74) is 1.48. The number of halogens is 1. The van der Waals surface area contributed by atoms with Crippen LogP contribution in [0.1, 0.15) is 16.1 Å². The molecule has 0 aliphatic heterocycles. The second-order valence-electron chi connectivity index (χ2n) is 7.17. The van der Waals surface area contributed by atoms with Crippen LogP contribution in [0.25, 0.3) is 0 Å². The summed E-state index contributed by atoms with van der Waals surface area (Å²) in [4.78, 5) is 12.3. The van der Waals surface area contributed by atoms with Crippen LogP contribution in [0, 0.1) is 6.92 Å². The van der Waals surface area contributed by atoms with Crippen molar-refractivity contribution in [1.29, 1.82) is 0 Å². The molecule has 176 valence electrons. The van der Waals surface area contributed by atoms with Gasteiger partial charge in [0.2, 0.25) is 21.1 Å². The molecule has 0 aliphatic carbocycles. The number of nitrogens with zero attached hydrogens (tertiary/aromatic N) is 2. The highest BCUT2D eigenvalue weighted by Crippen LogP contribution is 2.17. The number of sulfonamides is 1. The van der Waals surface area contributed by atoms with Gasteiger partial charge in [-0.1, -0.05) is 52.8 Å². The number of amides is 1. The quantitative estimate of drug-likeness (QED) is 0.413. The molecule has 1 heterocycles. The normalized spacial score (nSPS) is 11.9. The van der Waals surface area contributed by atoms with E-state index < -0.39 is 31.5 Å². The Morgan fingerprint density at radius 1 is 1.00 bits per heavy atom. The standard InChI is InChI=1S/C20H21ClN4O5S3/c1-14-2-8-17(9-3-14)33(29,30)22-11-10-19-24-25-20(31-19)23-18(26)13-32(27,28)12-15-4-6-16(21)7-5-15/h2-9,22H,10-13H2,1H3,(H,23,25,26). The first-order valence-corrected chi connectivity index (χ1v) is 14.2. The molecular weight excluding hydrogens is 508 g/mol. The van der Waals surface area contributed by atoms with E-state index in [9.17, 15) is 21.6 Å². The van der Waals surface area contributed by atoms with Crippen LogP contribution in [0.5, 0.6) is 0 Å². The van der Waals surface area contributed by atoms with Crippen molar-refractivity contribution < 1.29 is 21.6 Å². The zero-order chi connectivity index (χ0) is 24.1. The highest BCUT2D eigenvalue weighted by molar-refractivity contribution is 7.91. The van der Waals surface area contributed by atoms with Crippen LogP contribution in [0.4, 0.5) is 5.13 Å². The molecule has 0 fully saturated rings. The molecule has 0 bridgehead atoms.